The quantitative estimate of drug-likeness (QED) is 0.517. The summed E-state index contributed by atoms with van der Waals surface area (Å²) in [5.74, 6) is 1.47. The topological polar surface area (TPSA) is 72.5 Å². The first-order valence-electron chi connectivity index (χ1n) is 6.42. The molecule has 0 bridgehead atoms. The summed E-state index contributed by atoms with van der Waals surface area (Å²) in [6.07, 6.45) is 1.53. The molecular formula is C14H18N4O2. The zero-order valence-electron chi connectivity index (χ0n) is 11.8. The van der Waals surface area contributed by atoms with E-state index in [9.17, 15) is 0 Å². The van der Waals surface area contributed by atoms with E-state index >= 15 is 0 Å². The van der Waals surface area contributed by atoms with Crippen LogP contribution in [0.25, 0.3) is 0 Å². The molecule has 0 spiro atoms. The van der Waals surface area contributed by atoms with Crippen molar-refractivity contribution in [1.29, 1.82) is 0 Å². The Kier molecular flexibility index (Phi) is 4.34. The molecule has 0 aliphatic heterocycles. The van der Waals surface area contributed by atoms with Crippen LogP contribution >= 0.6 is 0 Å². The van der Waals surface area contributed by atoms with Crippen molar-refractivity contribution in [2.45, 2.75) is 33.4 Å². The van der Waals surface area contributed by atoms with Gasteiger partial charge in [-0.05, 0) is 32.9 Å². The lowest BCUT2D eigenvalue weighted by atomic mass is 10.1. The molecule has 1 aromatic heterocycles. The molecule has 0 saturated carbocycles. The molecule has 0 unspecified atom stereocenters. The van der Waals surface area contributed by atoms with Gasteiger partial charge in [0, 0.05) is 11.6 Å². The summed E-state index contributed by atoms with van der Waals surface area (Å²) in [4.78, 5) is 4.19. The van der Waals surface area contributed by atoms with Crippen LogP contribution in [-0.2, 0) is 6.61 Å². The van der Waals surface area contributed by atoms with Gasteiger partial charge in [0.05, 0.1) is 5.71 Å². The number of hydrogen-bond donors (Lipinski definition) is 1. The molecule has 6 heteroatoms. The predicted octanol–water partition coefficient (Wildman–Crippen LogP) is 2.64. The van der Waals surface area contributed by atoms with E-state index in [0.717, 1.165) is 11.4 Å². The highest BCUT2D eigenvalue weighted by molar-refractivity contribution is 5.98. The minimum atomic E-state index is 0.242. The fourth-order valence-corrected chi connectivity index (χ4v) is 1.83. The second-order valence-electron chi connectivity index (χ2n) is 4.72. The van der Waals surface area contributed by atoms with Crippen molar-refractivity contribution in [2.24, 2.45) is 5.16 Å². The lowest BCUT2D eigenvalue weighted by Gasteiger charge is -2.11. The zero-order chi connectivity index (χ0) is 14.5. The van der Waals surface area contributed by atoms with Crippen LogP contribution in [0.3, 0.4) is 0 Å². The maximum atomic E-state index is 8.78. The van der Waals surface area contributed by atoms with E-state index in [2.05, 4.69) is 15.2 Å². The monoisotopic (exact) mass is 274 g/mol. The highest BCUT2D eigenvalue weighted by atomic mass is 16.5. The molecule has 2 aromatic rings. The van der Waals surface area contributed by atoms with E-state index in [1.54, 1.807) is 6.92 Å². The van der Waals surface area contributed by atoms with E-state index in [1.807, 2.05) is 42.8 Å². The summed E-state index contributed by atoms with van der Waals surface area (Å²) >= 11 is 0. The highest BCUT2D eigenvalue weighted by Gasteiger charge is 2.08. The summed E-state index contributed by atoms with van der Waals surface area (Å²) < 4.78 is 7.54. The van der Waals surface area contributed by atoms with Crippen LogP contribution in [0.15, 0.2) is 35.7 Å². The van der Waals surface area contributed by atoms with E-state index in [1.165, 1.54) is 6.33 Å². The molecule has 0 fully saturated rings. The van der Waals surface area contributed by atoms with Crippen molar-refractivity contribution in [3.8, 4) is 5.75 Å². The Morgan fingerprint density at radius 2 is 2.25 bits per heavy atom. The third-order valence-corrected chi connectivity index (χ3v) is 2.91. The summed E-state index contributed by atoms with van der Waals surface area (Å²) in [6, 6.07) is 7.63. The molecule has 1 aromatic carbocycles. The third kappa shape index (κ3) is 3.14. The lowest BCUT2D eigenvalue weighted by Crippen LogP contribution is -2.10. The maximum Gasteiger partial charge on any atom is 0.165 e. The SMILES string of the molecule is CC(=NO)c1cccc(OCc2ncnn2C(C)C)c1. The number of oxime groups is 1. The van der Waals surface area contributed by atoms with Gasteiger partial charge in [-0.2, -0.15) is 5.10 Å². The van der Waals surface area contributed by atoms with Gasteiger partial charge in [-0.25, -0.2) is 9.67 Å². The Morgan fingerprint density at radius 1 is 1.45 bits per heavy atom. The van der Waals surface area contributed by atoms with Crippen molar-refractivity contribution < 1.29 is 9.94 Å². The summed E-state index contributed by atoms with van der Waals surface area (Å²) in [5.41, 5.74) is 1.36. The molecular weight excluding hydrogens is 256 g/mol. The van der Waals surface area contributed by atoms with Crippen LogP contribution in [0.2, 0.25) is 0 Å². The van der Waals surface area contributed by atoms with Crippen molar-refractivity contribution in [3.63, 3.8) is 0 Å². The van der Waals surface area contributed by atoms with Gasteiger partial charge in [0.15, 0.2) is 5.82 Å². The average molecular weight is 274 g/mol. The summed E-state index contributed by atoms with van der Waals surface area (Å²) in [5, 5.41) is 16.1. The van der Waals surface area contributed by atoms with E-state index < -0.39 is 0 Å². The number of ether oxygens (including phenoxy) is 1. The standard InChI is InChI=1S/C14H18N4O2/c1-10(2)18-14(15-9-16-18)8-20-13-6-4-5-12(7-13)11(3)17-19/h4-7,9-10,19H,8H2,1-3H3. The molecule has 0 saturated heterocycles. The van der Waals surface area contributed by atoms with Gasteiger partial charge in [-0.3, -0.25) is 0 Å². The Bertz CT molecular complexity index is 605. The maximum absolute atomic E-state index is 8.78. The van der Waals surface area contributed by atoms with Crippen molar-refractivity contribution in [2.75, 3.05) is 0 Å². The molecule has 0 radical (unpaired) electrons. The van der Waals surface area contributed by atoms with Crippen molar-refractivity contribution in [3.05, 3.63) is 42.0 Å². The van der Waals surface area contributed by atoms with Crippen LogP contribution in [0, 0.1) is 0 Å². The molecule has 106 valence electrons. The fraction of sp³-hybridized carbons (Fsp3) is 0.357. The number of aromatic nitrogens is 3. The van der Waals surface area contributed by atoms with Gasteiger partial charge < -0.3 is 9.94 Å². The van der Waals surface area contributed by atoms with Gasteiger partial charge in [-0.1, -0.05) is 17.3 Å². The van der Waals surface area contributed by atoms with Gasteiger partial charge in [0.1, 0.15) is 18.7 Å². The molecule has 1 heterocycles. The minimum absolute atomic E-state index is 0.242. The van der Waals surface area contributed by atoms with Gasteiger partial charge >= 0.3 is 0 Å². The molecule has 1 N–H and O–H groups in total. The molecule has 2 rings (SSSR count). The number of nitrogens with zero attached hydrogens (tertiary/aromatic N) is 4. The van der Waals surface area contributed by atoms with E-state index in [0.29, 0.717) is 18.1 Å². The Morgan fingerprint density at radius 3 is 2.95 bits per heavy atom. The molecule has 6 nitrogen and oxygen atoms in total. The van der Waals surface area contributed by atoms with Crippen LogP contribution in [-0.4, -0.2) is 25.7 Å². The summed E-state index contributed by atoms with van der Waals surface area (Å²) in [7, 11) is 0. The molecule has 20 heavy (non-hydrogen) atoms. The Balaban J connectivity index is 2.09. The number of hydrogen-bond acceptors (Lipinski definition) is 5. The first-order valence-corrected chi connectivity index (χ1v) is 6.42. The molecule has 0 atom stereocenters. The third-order valence-electron chi connectivity index (χ3n) is 2.91. The van der Waals surface area contributed by atoms with Gasteiger partial charge in [-0.15, -0.1) is 0 Å². The average Bonchev–Trinajstić information content (AvgIpc) is 2.93. The Hall–Kier alpha value is -2.37. The molecule has 0 amide bonds. The highest BCUT2D eigenvalue weighted by Crippen LogP contribution is 2.16. The van der Waals surface area contributed by atoms with E-state index in [-0.39, 0.29) is 6.04 Å². The number of rotatable bonds is 5. The number of benzene rings is 1. The molecule has 0 aliphatic carbocycles. The lowest BCUT2D eigenvalue weighted by molar-refractivity contribution is 0.282. The zero-order valence-corrected chi connectivity index (χ0v) is 11.8. The smallest absolute Gasteiger partial charge is 0.165 e. The van der Waals surface area contributed by atoms with Gasteiger partial charge in [0.25, 0.3) is 0 Å². The van der Waals surface area contributed by atoms with Crippen LogP contribution in [0.5, 0.6) is 5.75 Å². The van der Waals surface area contributed by atoms with Gasteiger partial charge in [0.2, 0.25) is 0 Å². The molecule has 0 aliphatic rings. The second kappa shape index (κ2) is 6.18. The summed E-state index contributed by atoms with van der Waals surface area (Å²) in [6.45, 7) is 6.16. The largest absolute Gasteiger partial charge is 0.486 e. The predicted molar refractivity (Wildman–Crippen MR) is 75.2 cm³/mol. The normalized spacial score (nSPS) is 11.9. The first-order chi connectivity index (χ1) is 9.61. The van der Waals surface area contributed by atoms with Crippen LogP contribution < -0.4 is 4.74 Å². The van der Waals surface area contributed by atoms with Crippen molar-refractivity contribution >= 4 is 5.71 Å². The Labute approximate surface area is 117 Å². The minimum Gasteiger partial charge on any atom is -0.486 e. The van der Waals surface area contributed by atoms with E-state index in [4.69, 9.17) is 9.94 Å². The fourth-order valence-electron chi connectivity index (χ4n) is 1.83. The first kappa shape index (κ1) is 14.0. The van der Waals surface area contributed by atoms with Crippen LogP contribution in [0.4, 0.5) is 0 Å². The van der Waals surface area contributed by atoms with Crippen molar-refractivity contribution in [1.82, 2.24) is 14.8 Å². The van der Waals surface area contributed by atoms with Crippen LogP contribution in [0.1, 0.15) is 38.2 Å². The second-order valence-corrected chi connectivity index (χ2v) is 4.72.